The number of benzene rings is 2. The molecule has 0 radical (unpaired) electrons. The second kappa shape index (κ2) is 15.3. The third kappa shape index (κ3) is 8.46. The molecule has 10 nitrogen and oxygen atoms in total. The summed E-state index contributed by atoms with van der Waals surface area (Å²) in [7, 11) is -8.56. The number of rotatable bonds is 13. The zero-order chi connectivity index (χ0) is 37.2. The maximum absolute atomic E-state index is 12.0. The molecule has 0 aliphatic carbocycles. The van der Waals surface area contributed by atoms with Gasteiger partial charge in [-0.3, -0.25) is 9.11 Å². The zero-order valence-electron chi connectivity index (χ0n) is 29.9. The molecule has 0 fully saturated rings. The van der Waals surface area contributed by atoms with Crippen molar-refractivity contribution in [3.8, 4) is 0 Å². The Morgan fingerprint density at radius 1 is 0.882 bits per heavy atom. The third-order valence-corrected chi connectivity index (χ3v) is 11.8. The fraction of sp³-hybridized carbons (Fsp3) is 0.447. The van der Waals surface area contributed by atoms with E-state index in [1.54, 1.807) is 12.1 Å². The molecular weight excluding hydrogens is 712 g/mol. The minimum Gasteiger partial charge on any atom is -0.488 e. The van der Waals surface area contributed by atoms with Crippen molar-refractivity contribution in [2.45, 2.75) is 82.4 Å². The second-order valence-corrected chi connectivity index (χ2v) is 17.5. The Labute approximate surface area is 307 Å². The molecular formula is C38H48ClN2O8S2+. The van der Waals surface area contributed by atoms with Gasteiger partial charge in [0.1, 0.15) is 36.3 Å². The van der Waals surface area contributed by atoms with Crippen LogP contribution in [0, 0.1) is 0 Å². The Bertz CT molecular complexity index is 2040. The predicted molar refractivity (Wildman–Crippen MR) is 201 cm³/mol. The van der Waals surface area contributed by atoms with Gasteiger partial charge < -0.3 is 14.4 Å². The van der Waals surface area contributed by atoms with E-state index in [0.29, 0.717) is 35.1 Å². The average Bonchev–Trinajstić information content (AvgIpc) is 3.30. The van der Waals surface area contributed by atoms with E-state index in [2.05, 4.69) is 55.7 Å². The fourth-order valence-corrected chi connectivity index (χ4v) is 8.43. The van der Waals surface area contributed by atoms with E-state index in [4.69, 9.17) is 21.1 Å². The van der Waals surface area contributed by atoms with Gasteiger partial charge in [-0.1, -0.05) is 57.0 Å². The van der Waals surface area contributed by atoms with E-state index >= 15 is 0 Å². The van der Waals surface area contributed by atoms with Crippen molar-refractivity contribution in [2.75, 3.05) is 37.0 Å². The smallest absolute Gasteiger partial charge is 0.294 e. The molecule has 0 saturated heterocycles. The highest BCUT2D eigenvalue weighted by molar-refractivity contribution is 7.86. The summed E-state index contributed by atoms with van der Waals surface area (Å²) in [5.74, 6) is 0.503. The molecule has 0 bridgehead atoms. The number of para-hydroxylation sites is 1. The molecule has 3 aliphatic rings. The SMILES string of the molecule is CCCCC[N+]1=C(/C=C/C2=C(Cl)C(=C/C=C3/N(CCCCS(=O)(=O)O)c4ccc(S(=O)(=O)O)cc4C3(C)C)/OCCO2)C(C)(C)c2ccccc21. The molecule has 0 saturated carbocycles. The fourth-order valence-electron chi connectivity index (χ4n) is 7.12. The van der Waals surface area contributed by atoms with Crippen LogP contribution in [0.4, 0.5) is 11.4 Å². The third-order valence-electron chi connectivity index (χ3n) is 9.80. The summed E-state index contributed by atoms with van der Waals surface area (Å²) in [5, 5.41) is 0.300. The highest BCUT2D eigenvalue weighted by Gasteiger charge is 2.44. The quantitative estimate of drug-likeness (QED) is 0.119. The minimum atomic E-state index is -4.45. The van der Waals surface area contributed by atoms with Gasteiger partial charge in [0.05, 0.1) is 16.1 Å². The van der Waals surface area contributed by atoms with Crippen LogP contribution in [-0.2, 0) is 40.5 Å². The van der Waals surface area contributed by atoms with Crippen molar-refractivity contribution >= 4 is 48.9 Å². The van der Waals surface area contributed by atoms with Crippen molar-refractivity contribution in [1.29, 1.82) is 0 Å². The van der Waals surface area contributed by atoms with Gasteiger partial charge in [-0.05, 0) is 75.1 Å². The van der Waals surface area contributed by atoms with Crippen LogP contribution in [0.3, 0.4) is 0 Å². The Kier molecular flexibility index (Phi) is 11.6. The summed E-state index contributed by atoms with van der Waals surface area (Å²) < 4.78 is 80.3. The van der Waals surface area contributed by atoms with Gasteiger partial charge in [0.15, 0.2) is 5.71 Å². The molecule has 51 heavy (non-hydrogen) atoms. The minimum absolute atomic E-state index is 0.220. The second-order valence-electron chi connectivity index (χ2n) is 14.1. The highest BCUT2D eigenvalue weighted by Crippen LogP contribution is 2.49. The first kappa shape index (κ1) is 38.8. The van der Waals surface area contributed by atoms with Crippen LogP contribution in [0.15, 0.2) is 93.9 Å². The van der Waals surface area contributed by atoms with Crippen LogP contribution >= 0.6 is 11.6 Å². The molecule has 0 spiro atoms. The predicted octanol–water partition coefficient (Wildman–Crippen LogP) is 7.79. The molecule has 0 atom stereocenters. The van der Waals surface area contributed by atoms with E-state index in [-0.39, 0.29) is 35.7 Å². The van der Waals surface area contributed by atoms with E-state index in [9.17, 15) is 25.9 Å². The monoisotopic (exact) mass is 759 g/mol. The standard InChI is InChI=1S/C38H47ClN2O8S2/c1-6-7-10-21-40-30-14-9-8-13-28(30)37(2,3)34(40)19-17-32-36(39)33(49-24-23-48-32)18-20-35-38(4,5)29-26-27(51(45,46)47)15-16-31(29)41(35)22-11-12-25-50(42,43)44/h8-9,13-20,26H,6-7,10-12,21-25H2,1-5H3,(H-,42,43,44,45,46,47)/p+1. The van der Waals surface area contributed by atoms with Gasteiger partial charge in [-0.25, -0.2) is 0 Å². The number of anilines is 1. The normalized spacial score (nSPS) is 20.2. The molecule has 2 aromatic rings. The van der Waals surface area contributed by atoms with Crippen molar-refractivity contribution in [1.82, 2.24) is 0 Å². The van der Waals surface area contributed by atoms with Crippen LogP contribution in [0.1, 0.15) is 77.8 Å². The Morgan fingerprint density at radius 3 is 2.31 bits per heavy atom. The summed E-state index contributed by atoms with van der Waals surface area (Å²) >= 11 is 7.01. The Hall–Kier alpha value is -3.42. The molecule has 0 unspecified atom stereocenters. The van der Waals surface area contributed by atoms with Gasteiger partial charge >= 0.3 is 0 Å². The zero-order valence-corrected chi connectivity index (χ0v) is 32.2. The van der Waals surface area contributed by atoms with Crippen LogP contribution in [0.25, 0.3) is 0 Å². The number of fused-ring (bicyclic) bond motifs is 2. The molecule has 0 amide bonds. The number of ether oxygens (including phenoxy) is 2. The van der Waals surface area contributed by atoms with E-state index in [1.807, 2.05) is 30.9 Å². The van der Waals surface area contributed by atoms with Gasteiger partial charge in [0, 0.05) is 47.5 Å². The van der Waals surface area contributed by atoms with Crippen molar-refractivity contribution in [3.05, 3.63) is 100 Å². The van der Waals surface area contributed by atoms with E-state index in [0.717, 1.165) is 42.9 Å². The topological polar surface area (TPSA) is 133 Å². The molecule has 5 rings (SSSR count). The first-order chi connectivity index (χ1) is 24.0. The molecule has 13 heteroatoms. The summed E-state index contributed by atoms with van der Waals surface area (Å²) in [5.41, 5.74) is 4.85. The molecule has 3 heterocycles. The molecule has 0 aromatic heterocycles. The van der Waals surface area contributed by atoms with Gasteiger partial charge in [-0.15, -0.1) is 0 Å². The van der Waals surface area contributed by atoms with Gasteiger partial charge in [-0.2, -0.15) is 21.4 Å². The molecule has 2 aromatic carbocycles. The summed E-state index contributed by atoms with van der Waals surface area (Å²) in [4.78, 5) is 1.77. The number of hydrogen-bond donors (Lipinski definition) is 2. The summed E-state index contributed by atoms with van der Waals surface area (Å²) in [6, 6.07) is 12.9. The van der Waals surface area contributed by atoms with Crippen LogP contribution in [0.2, 0.25) is 0 Å². The van der Waals surface area contributed by atoms with Crippen molar-refractivity contribution < 1.29 is 40.0 Å². The average molecular weight is 760 g/mol. The number of allylic oxidation sites excluding steroid dienone is 6. The lowest BCUT2D eigenvalue weighted by Crippen LogP contribution is -2.28. The summed E-state index contributed by atoms with van der Waals surface area (Å²) in [6.45, 7) is 12.4. The number of halogens is 1. The van der Waals surface area contributed by atoms with Crippen LogP contribution in [-0.4, -0.2) is 68.3 Å². The number of nitrogens with zero attached hydrogens (tertiary/aromatic N) is 2. The van der Waals surface area contributed by atoms with Gasteiger partial charge in [0.2, 0.25) is 5.69 Å². The van der Waals surface area contributed by atoms with Crippen LogP contribution < -0.4 is 4.90 Å². The maximum Gasteiger partial charge on any atom is 0.294 e. The summed E-state index contributed by atoms with van der Waals surface area (Å²) in [6.07, 6.45) is 11.6. The van der Waals surface area contributed by atoms with Crippen LogP contribution in [0.5, 0.6) is 0 Å². The molecule has 3 aliphatic heterocycles. The Morgan fingerprint density at radius 2 is 1.61 bits per heavy atom. The van der Waals surface area contributed by atoms with E-state index < -0.39 is 25.7 Å². The number of hydrogen-bond acceptors (Lipinski definition) is 7. The lowest BCUT2D eigenvalue weighted by molar-refractivity contribution is -0.438. The lowest BCUT2D eigenvalue weighted by atomic mass is 9.81. The highest BCUT2D eigenvalue weighted by atomic mass is 35.5. The largest absolute Gasteiger partial charge is 0.488 e. The lowest BCUT2D eigenvalue weighted by Gasteiger charge is -2.27. The van der Waals surface area contributed by atoms with Crippen molar-refractivity contribution in [2.24, 2.45) is 0 Å². The molecule has 2 N–H and O–H groups in total. The first-order valence-electron chi connectivity index (χ1n) is 17.3. The maximum atomic E-state index is 12.0. The Balaban J connectivity index is 1.52. The van der Waals surface area contributed by atoms with Crippen molar-refractivity contribution in [3.63, 3.8) is 0 Å². The first-order valence-corrected chi connectivity index (χ1v) is 20.7. The number of unbranched alkanes of at least 4 members (excludes halogenated alkanes) is 3. The van der Waals surface area contributed by atoms with E-state index in [1.165, 1.54) is 23.4 Å². The van der Waals surface area contributed by atoms with Gasteiger partial charge in [0.25, 0.3) is 20.2 Å². The molecule has 276 valence electrons.